The maximum absolute atomic E-state index is 12.0. The van der Waals surface area contributed by atoms with Crippen LogP contribution in [0, 0.1) is 6.92 Å². The second-order valence-corrected chi connectivity index (χ2v) is 4.93. The Labute approximate surface area is 112 Å². The van der Waals surface area contributed by atoms with Gasteiger partial charge in [0.25, 0.3) is 0 Å². The van der Waals surface area contributed by atoms with Crippen LogP contribution in [0.5, 0.6) is 0 Å². The van der Waals surface area contributed by atoms with Crippen molar-refractivity contribution in [1.29, 1.82) is 0 Å². The van der Waals surface area contributed by atoms with E-state index in [1.54, 1.807) is 32.9 Å². The van der Waals surface area contributed by atoms with Gasteiger partial charge in [0.15, 0.2) is 0 Å². The minimum Gasteiger partial charge on any atom is -0.377 e. The lowest BCUT2D eigenvalue weighted by Gasteiger charge is -2.29. The summed E-state index contributed by atoms with van der Waals surface area (Å²) in [6, 6.07) is 2.52. The van der Waals surface area contributed by atoms with Crippen LogP contribution in [0.2, 0.25) is 5.15 Å². The largest absolute Gasteiger partial charge is 0.377 e. The highest BCUT2D eigenvalue weighted by atomic mass is 35.5. The van der Waals surface area contributed by atoms with Gasteiger partial charge < -0.3 is 15.8 Å². The summed E-state index contributed by atoms with van der Waals surface area (Å²) >= 11 is 5.74. The Hall–Kier alpha value is -1.17. The third-order valence-corrected chi connectivity index (χ3v) is 3.08. The van der Waals surface area contributed by atoms with Crippen LogP contribution in [0.25, 0.3) is 0 Å². The Bertz CT molecular complexity index is 449. The van der Waals surface area contributed by atoms with Gasteiger partial charge in [-0.1, -0.05) is 11.6 Å². The number of pyridine rings is 1. The van der Waals surface area contributed by atoms with E-state index >= 15 is 0 Å². The molecule has 100 valence electrons. The molecule has 1 rings (SSSR count). The first-order valence-corrected chi connectivity index (χ1v) is 5.90. The average molecular weight is 272 g/mol. The van der Waals surface area contributed by atoms with Crippen molar-refractivity contribution in [3.05, 3.63) is 23.0 Å². The Balaban J connectivity index is 2.82. The molecule has 0 saturated heterocycles. The molecule has 18 heavy (non-hydrogen) atoms. The summed E-state index contributed by atoms with van der Waals surface area (Å²) in [4.78, 5) is 16.0. The smallest absolute Gasteiger partial charge is 0.244 e. The highest BCUT2D eigenvalue weighted by molar-refractivity contribution is 6.29. The molecule has 0 aromatic carbocycles. The van der Waals surface area contributed by atoms with Crippen molar-refractivity contribution < 1.29 is 9.53 Å². The molecular formula is C12H18ClN3O2. The van der Waals surface area contributed by atoms with E-state index in [0.29, 0.717) is 16.5 Å². The van der Waals surface area contributed by atoms with E-state index < -0.39 is 11.6 Å². The first-order chi connectivity index (χ1) is 8.27. The lowest BCUT2D eigenvalue weighted by Crippen LogP contribution is -2.52. The van der Waals surface area contributed by atoms with Crippen molar-refractivity contribution in [2.24, 2.45) is 5.73 Å². The Morgan fingerprint density at radius 3 is 2.67 bits per heavy atom. The van der Waals surface area contributed by atoms with Gasteiger partial charge >= 0.3 is 0 Å². The summed E-state index contributed by atoms with van der Waals surface area (Å²) < 4.78 is 5.19. The zero-order valence-electron chi connectivity index (χ0n) is 11.0. The second-order valence-electron chi connectivity index (χ2n) is 4.54. The van der Waals surface area contributed by atoms with Crippen LogP contribution >= 0.6 is 11.6 Å². The van der Waals surface area contributed by atoms with Gasteiger partial charge in [0.1, 0.15) is 11.2 Å². The number of methoxy groups -OCH3 is 1. The van der Waals surface area contributed by atoms with Gasteiger partial charge in [-0.25, -0.2) is 4.98 Å². The molecule has 0 radical (unpaired) electrons. The fourth-order valence-corrected chi connectivity index (χ4v) is 1.51. The molecule has 0 fully saturated rings. The van der Waals surface area contributed by atoms with Crippen LogP contribution in [0.3, 0.4) is 0 Å². The summed E-state index contributed by atoms with van der Waals surface area (Å²) in [7, 11) is 1.52. The molecule has 1 aromatic heterocycles. The van der Waals surface area contributed by atoms with Gasteiger partial charge in [-0.2, -0.15) is 0 Å². The predicted molar refractivity (Wildman–Crippen MR) is 71.7 cm³/mol. The number of anilines is 1. The highest BCUT2D eigenvalue weighted by Crippen LogP contribution is 2.18. The number of hydrogen-bond donors (Lipinski definition) is 2. The van der Waals surface area contributed by atoms with E-state index in [-0.39, 0.29) is 5.91 Å². The van der Waals surface area contributed by atoms with Crippen molar-refractivity contribution in [3.63, 3.8) is 0 Å². The highest BCUT2D eigenvalue weighted by Gasteiger charge is 2.32. The molecule has 1 amide bonds. The molecule has 1 heterocycles. The lowest BCUT2D eigenvalue weighted by molar-refractivity contribution is -0.123. The molecule has 0 spiro atoms. The van der Waals surface area contributed by atoms with Gasteiger partial charge in [0, 0.05) is 7.11 Å². The van der Waals surface area contributed by atoms with Gasteiger partial charge in [0.2, 0.25) is 5.91 Å². The molecule has 1 atom stereocenters. The molecule has 0 aliphatic rings. The van der Waals surface area contributed by atoms with E-state index in [1.807, 2.05) is 0 Å². The number of aryl methyl sites for hydroxylation is 1. The van der Waals surface area contributed by atoms with E-state index in [9.17, 15) is 4.79 Å². The summed E-state index contributed by atoms with van der Waals surface area (Å²) in [5.74, 6) is -0.325. The number of amides is 1. The van der Waals surface area contributed by atoms with Crippen molar-refractivity contribution in [2.45, 2.75) is 32.4 Å². The van der Waals surface area contributed by atoms with Crippen LogP contribution in [0.4, 0.5) is 5.69 Å². The fraction of sp³-hybridized carbons (Fsp3) is 0.500. The SMILES string of the molecule is COC(C)(C)C(N)C(=O)Nc1ccc(Cl)nc1C. The number of ether oxygens (including phenoxy) is 1. The number of rotatable bonds is 4. The molecule has 0 saturated carbocycles. The molecule has 0 aliphatic carbocycles. The molecule has 5 nitrogen and oxygen atoms in total. The van der Waals surface area contributed by atoms with E-state index in [4.69, 9.17) is 22.1 Å². The molecule has 3 N–H and O–H groups in total. The molecule has 6 heteroatoms. The van der Waals surface area contributed by atoms with E-state index in [1.165, 1.54) is 7.11 Å². The molecule has 1 unspecified atom stereocenters. The number of carbonyl (C=O) groups excluding carboxylic acids is 1. The maximum Gasteiger partial charge on any atom is 0.244 e. The van der Waals surface area contributed by atoms with Crippen molar-refractivity contribution >= 4 is 23.2 Å². The van der Waals surface area contributed by atoms with Crippen LogP contribution in [0.1, 0.15) is 19.5 Å². The summed E-state index contributed by atoms with van der Waals surface area (Å²) in [5.41, 5.74) is 6.34. The third kappa shape index (κ3) is 3.41. The van der Waals surface area contributed by atoms with Crippen LogP contribution in [-0.4, -0.2) is 29.6 Å². The molecule has 0 bridgehead atoms. The number of nitrogens with one attached hydrogen (secondary N) is 1. The predicted octanol–water partition coefficient (Wildman–Crippen LogP) is 1.73. The third-order valence-electron chi connectivity index (χ3n) is 2.87. The number of hydrogen-bond acceptors (Lipinski definition) is 4. The lowest BCUT2D eigenvalue weighted by atomic mass is 9.98. The van der Waals surface area contributed by atoms with Crippen LogP contribution < -0.4 is 11.1 Å². The molecule has 1 aromatic rings. The van der Waals surface area contributed by atoms with Gasteiger partial charge in [-0.15, -0.1) is 0 Å². The van der Waals surface area contributed by atoms with E-state index in [0.717, 1.165) is 0 Å². The first-order valence-electron chi connectivity index (χ1n) is 5.52. The number of nitrogens with two attached hydrogens (primary N) is 1. The Morgan fingerprint density at radius 1 is 1.56 bits per heavy atom. The topological polar surface area (TPSA) is 77.2 Å². The minimum atomic E-state index is -0.780. The number of nitrogens with zero attached hydrogens (tertiary/aromatic N) is 1. The maximum atomic E-state index is 12.0. The number of aromatic nitrogens is 1. The van der Waals surface area contributed by atoms with Crippen LogP contribution in [-0.2, 0) is 9.53 Å². The van der Waals surface area contributed by atoms with Gasteiger partial charge in [0.05, 0.1) is 17.0 Å². The molecule has 0 aliphatic heterocycles. The van der Waals surface area contributed by atoms with Crippen molar-refractivity contribution in [3.8, 4) is 0 Å². The number of carbonyl (C=O) groups is 1. The van der Waals surface area contributed by atoms with Crippen LogP contribution in [0.15, 0.2) is 12.1 Å². The Morgan fingerprint density at radius 2 is 2.17 bits per heavy atom. The van der Waals surface area contributed by atoms with Crippen molar-refractivity contribution in [1.82, 2.24) is 4.98 Å². The monoisotopic (exact) mass is 271 g/mol. The first kappa shape index (κ1) is 14.9. The summed E-state index contributed by atoms with van der Waals surface area (Å²) in [5, 5.41) is 3.09. The minimum absolute atomic E-state index is 0.325. The summed E-state index contributed by atoms with van der Waals surface area (Å²) in [6.07, 6.45) is 0. The van der Waals surface area contributed by atoms with Gasteiger partial charge in [-0.3, -0.25) is 4.79 Å². The normalized spacial score (nSPS) is 13.2. The van der Waals surface area contributed by atoms with Gasteiger partial charge in [-0.05, 0) is 32.9 Å². The zero-order valence-corrected chi connectivity index (χ0v) is 11.7. The van der Waals surface area contributed by atoms with E-state index in [2.05, 4.69) is 10.3 Å². The Kier molecular flexibility index (Phi) is 4.67. The summed E-state index contributed by atoms with van der Waals surface area (Å²) in [6.45, 7) is 5.27. The quantitative estimate of drug-likeness (QED) is 0.818. The number of halogens is 1. The fourth-order valence-electron chi connectivity index (χ4n) is 1.32. The van der Waals surface area contributed by atoms with Crippen molar-refractivity contribution in [2.75, 3.05) is 12.4 Å². The zero-order chi connectivity index (χ0) is 13.9. The second kappa shape index (κ2) is 5.65. The average Bonchev–Trinajstić information content (AvgIpc) is 2.31. The standard InChI is InChI=1S/C12H18ClN3O2/c1-7-8(5-6-9(13)15-7)16-11(17)10(14)12(2,3)18-4/h5-6,10H,14H2,1-4H3,(H,16,17). The molecular weight excluding hydrogens is 254 g/mol.